The second kappa shape index (κ2) is 11.6. The molecule has 3 aromatic carbocycles. The lowest BCUT2D eigenvalue weighted by Crippen LogP contribution is -2.46. The lowest BCUT2D eigenvalue weighted by atomic mass is 9.80. The van der Waals surface area contributed by atoms with Gasteiger partial charge in [-0.15, -0.1) is 0 Å². The molecular weight excluding hydrogens is 466 g/mol. The van der Waals surface area contributed by atoms with E-state index in [-0.39, 0.29) is 11.1 Å². The predicted octanol–water partition coefficient (Wildman–Crippen LogP) is 6.36. The summed E-state index contributed by atoms with van der Waals surface area (Å²) in [7, 11) is 1.42. The van der Waals surface area contributed by atoms with Gasteiger partial charge in [-0.2, -0.15) is 0 Å². The van der Waals surface area contributed by atoms with E-state index in [1.807, 2.05) is 66.7 Å². The molecule has 2 N–H and O–H groups in total. The average molecular weight is 508 g/mol. The van der Waals surface area contributed by atoms with Crippen molar-refractivity contribution in [2.45, 2.75) is 50.5 Å². The maximum Gasteiger partial charge on any atom is 0.192 e. The van der Waals surface area contributed by atoms with E-state index in [1.165, 1.54) is 0 Å². The quantitative estimate of drug-likeness (QED) is 0.242. The smallest absolute Gasteiger partial charge is 0.192 e. The molecule has 1 atom stereocenters. The van der Waals surface area contributed by atoms with Gasteiger partial charge in [0.2, 0.25) is 0 Å². The molecule has 0 fully saturated rings. The third-order valence-corrected chi connectivity index (χ3v) is 11.7. The average Bonchev–Trinajstić information content (AvgIpc) is 2.88. The van der Waals surface area contributed by atoms with Gasteiger partial charge in [-0.25, -0.2) is 0 Å². The van der Waals surface area contributed by atoms with Gasteiger partial charge in [0.25, 0.3) is 0 Å². The summed E-state index contributed by atoms with van der Waals surface area (Å²) >= 11 is 0. The SMILES string of the molecule is COc1ccc(C(OC[C@@H](N)CO[Si](C)(C)C(C)(C)C)(c2ccccc2)c2ccc(OC)cc2)cc1. The molecule has 194 valence electrons. The maximum atomic E-state index is 6.88. The fourth-order valence-corrected chi connectivity index (χ4v) is 4.95. The molecule has 0 aliphatic heterocycles. The highest BCUT2D eigenvalue weighted by atomic mass is 28.4. The highest BCUT2D eigenvalue weighted by molar-refractivity contribution is 6.74. The van der Waals surface area contributed by atoms with Crippen LogP contribution in [0.1, 0.15) is 37.5 Å². The van der Waals surface area contributed by atoms with Crippen LogP contribution >= 0.6 is 0 Å². The molecule has 0 heterocycles. The lowest BCUT2D eigenvalue weighted by molar-refractivity contribution is -0.00124. The van der Waals surface area contributed by atoms with E-state index in [0.717, 1.165) is 28.2 Å². The molecule has 0 saturated heterocycles. The number of ether oxygens (including phenoxy) is 3. The first-order valence-electron chi connectivity index (χ1n) is 12.4. The van der Waals surface area contributed by atoms with Crippen molar-refractivity contribution in [2.75, 3.05) is 27.4 Å². The largest absolute Gasteiger partial charge is 0.497 e. The Hall–Kier alpha value is -2.64. The Balaban J connectivity index is 2.02. The molecule has 5 nitrogen and oxygen atoms in total. The van der Waals surface area contributed by atoms with Gasteiger partial charge >= 0.3 is 0 Å². The standard InChI is InChI=1S/C30H41NO4Si/c1-29(2,3)36(6,7)35-22-26(31)21-34-30(23-11-9-8-10-12-23,24-13-17-27(32-4)18-14-24)25-15-19-28(33-5)20-16-25/h8-20,26H,21-22,31H2,1-7H3/t26-/m1/s1. The number of hydrogen-bond donors (Lipinski definition) is 1. The summed E-state index contributed by atoms with van der Waals surface area (Å²) in [5.41, 5.74) is 8.69. The van der Waals surface area contributed by atoms with Crippen molar-refractivity contribution < 1.29 is 18.6 Å². The number of nitrogens with two attached hydrogens (primary N) is 1. The van der Waals surface area contributed by atoms with Crippen LogP contribution in [0.25, 0.3) is 0 Å². The molecule has 0 unspecified atom stereocenters. The summed E-state index contributed by atoms with van der Waals surface area (Å²) in [6.45, 7) is 11.9. The minimum atomic E-state index is -1.92. The first kappa shape index (κ1) is 27.9. The molecule has 3 rings (SSSR count). The van der Waals surface area contributed by atoms with E-state index in [2.05, 4.69) is 46.0 Å². The van der Waals surface area contributed by atoms with Crippen LogP contribution < -0.4 is 15.2 Å². The summed E-state index contributed by atoms with van der Waals surface area (Å²) in [4.78, 5) is 0. The van der Waals surface area contributed by atoms with Crippen LogP contribution in [-0.2, 0) is 14.8 Å². The Morgan fingerprint density at radius 1 is 0.694 bits per heavy atom. The fourth-order valence-electron chi connectivity index (χ4n) is 3.89. The molecule has 0 radical (unpaired) electrons. The highest BCUT2D eigenvalue weighted by Crippen LogP contribution is 2.42. The van der Waals surface area contributed by atoms with E-state index in [9.17, 15) is 0 Å². The molecule has 0 amide bonds. The maximum absolute atomic E-state index is 6.88. The van der Waals surface area contributed by atoms with Crippen LogP contribution in [-0.4, -0.2) is 41.8 Å². The molecule has 0 aromatic heterocycles. The minimum absolute atomic E-state index is 0.119. The van der Waals surface area contributed by atoms with Crippen molar-refractivity contribution in [2.24, 2.45) is 5.73 Å². The van der Waals surface area contributed by atoms with Crippen LogP contribution in [0.3, 0.4) is 0 Å². The van der Waals surface area contributed by atoms with Gasteiger partial charge in [0.1, 0.15) is 17.1 Å². The van der Waals surface area contributed by atoms with Crippen LogP contribution in [0.5, 0.6) is 11.5 Å². The zero-order valence-electron chi connectivity index (χ0n) is 22.7. The van der Waals surface area contributed by atoms with Crippen LogP contribution in [0.2, 0.25) is 18.1 Å². The van der Waals surface area contributed by atoms with E-state index in [1.54, 1.807) is 14.2 Å². The Labute approximate surface area is 217 Å². The highest BCUT2D eigenvalue weighted by Gasteiger charge is 2.40. The van der Waals surface area contributed by atoms with Crippen molar-refractivity contribution in [1.29, 1.82) is 0 Å². The van der Waals surface area contributed by atoms with Crippen molar-refractivity contribution in [1.82, 2.24) is 0 Å². The Morgan fingerprint density at radius 3 is 1.56 bits per heavy atom. The summed E-state index contributed by atoms with van der Waals surface area (Å²) in [5, 5.41) is 0.119. The zero-order valence-corrected chi connectivity index (χ0v) is 23.7. The fraction of sp³-hybridized carbons (Fsp3) is 0.400. The van der Waals surface area contributed by atoms with Gasteiger partial charge in [0.05, 0.1) is 33.5 Å². The molecule has 0 aliphatic carbocycles. The van der Waals surface area contributed by atoms with Crippen molar-refractivity contribution in [3.8, 4) is 11.5 Å². The summed E-state index contributed by atoms with van der Waals surface area (Å²) in [6, 6.07) is 26.0. The first-order valence-corrected chi connectivity index (χ1v) is 15.3. The van der Waals surface area contributed by atoms with Crippen molar-refractivity contribution in [3.05, 3.63) is 95.6 Å². The normalized spacial score (nSPS) is 13.3. The number of rotatable bonds is 11. The molecule has 0 saturated carbocycles. The molecular formula is C30H41NO4Si. The van der Waals surface area contributed by atoms with Crippen molar-refractivity contribution in [3.63, 3.8) is 0 Å². The molecule has 0 aliphatic rings. The van der Waals surface area contributed by atoms with Gasteiger partial charge in [0, 0.05) is 0 Å². The van der Waals surface area contributed by atoms with Crippen LogP contribution in [0.15, 0.2) is 78.9 Å². The monoisotopic (exact) mass is 507 g/mol. The van der Waals surface area contributed by atoms with Gasteiger partial charge in [-0.1, -0.05) is 75.4 Å². The molecule has 0 spiro atoms. The van der Waals surface area contributed by atoms with E-state index < -0.39 is 13.9 Å². The summed E-state index contributed by atoms with van der Waals surface area (Å²) in [6.07, 6.45) is 0. The summed E-state index contributed by atoms with van der Waals surface area (Å²) < 4.78 is 24.1. The van der Waals surface area contributed by atoms with Crippen molar-refractivity contribution >= 4 is 8.32 Å². The predicted molar refractivity (Wildman–Crippen MR) is 149 cm³/mol. The number of hydrogen-bond acceptors (Lipinski definition) is 5. The van der Waals surface area contributed by atoms with Gasteiger partial charge in [-0.3, -0.25) is 0 Å². The Bertz CT molecular complexity index is 1030. The topological polar surface area (TPSA) is 62.9 Å². The van der Waals surface area contributed by atoms with Gasteiger partial charge in [-0.05, 0) is 59.1 Å². The van der Waals surface area contributed by atoms with Crippen LogP contribution in [0, 0.1) is 0 Å². The van der Waals surface area contributed by atoms with Crippen LogP contribution in [0.4, 0.5) is 0 Å². The van der Waals surface area contributed by atoms with Gasteiger partial charge < -0.3 is 24.4 Å². The lowest BCUT2D eigenvalue weighted by Gasteiger charge is -2.38. The van der Waals surface area contributed by atoms with E-state index in [0.29, 0.717) is 13.2 Å². The molecule has 36 heavy (non-hydrogen) atoms. The third kappa shape index (κ3) is 6.18. The Kier molecular flexibility index (Phi) is 9.01. The summed E-state index contributed by atoms with van der Waals surface area (Å²) in [5.74, 6) is 1.57. The third-order valence-electron chi connectivity index (χ3n) is 7.15. The molecule has 3 aromatic rings. The second-order valence-corrected chi connectivity index (χ2v) is 15.5. The first-order chi connectivity index (χ1) is 17.0. The zero-order chi connectivity index (χ0) is 26.4. The van der Waals surface area contributed by atoms with E-state index >= 15 is 0 Å². The minimum Gasteiger partial charge on any atom is -0.497 e. The number of methoxy groups -OCH3 is 2. The Morgan fingerprint density at radius 2 is 1.14 bits per heavy atom. The second-order valence-electron chi connectivity index (χ2n) is 10.6. The van der Waals surface area contributed by atoms with E-state index in [4.69, 9.17) is 24.4 Å². The van der Waals surface area contributed by atoms with Gasteiger partial charge in [0.15, 0.2) is 8.32 Å². The molecule has 0 bridgehead atoms. The molecule has 6 heteroatoms. The number of benzene rings is 3.